The third kappa shape index (κ3) is 5.03. The quantitative estimate of drug-likeness (QED) is 0.869. The largest absolute Gasteiger partial charge is 0.350 e. The summed E-state index contributed by atoms with van der Waals surface area (Å²) < 4.78 is 26.1. The van der Waals surface area contributed by atoms with Gasteiger partial charge in [0.25, 0.3) is 5.91 Å². The number of aryl methyl sites for hydroxylation is 1. The van der Waals surface area contributed by atoms with E-state index in [2.05, 4.69) is 10.6 Å². The summed E-state index contributed by atoms with van der Waals surface area (Å²) in [7, 11) is 0. The molecule has 0 heterocycles. The van der Waals surface area contributed by atoms with Crippen molar-refractivity contribution in [2.75, 3.05) is 6.54 Å². The van der Waals surface area contributed by atoms with E-state index in [0.29, 0.717) is 11.1 Å². The lowest BCUT2D eigenvalue weighted by molar-refractivity contribution is -0.120. The molecule has 0 atom stereocenters. The minimum atomic E-state index is -0.860. The van der Waals surface area contributed by atoms with Gasteiger partial charge in [0.1, 0.15) is 11.6 Å². The molecule has 2 rings (SSSR count). The molecule has 0 aliphatic heterocycles. The number of carbonyl (C=O) groups is 2. The second-order valence-electron chi connectivity index (χ2n) is 5.19. The minimum absolute atomic E-state index is 0.189. The van der Waals surface area contributed by atoms with Crippen LogP contribution < -0.4 is 10.6 Å². The minimum Gasteiger partial charge on any atom is -0.350 e. The Kier molecular flexibility index (Phi) is 5.87. The van der Waals surface area contributed by atoms with Gasteiger partial charge in [-0.1, -0.05) is 17.7 Å². The molecule has 0 spiro atoms. The van der Waals surface area contributed by atoms with Crippen molar-refractivity contribution in [1.82, 2.24) is 10.6 Å². The fourth-order valence-corrected chi connectivity index (χ4v) is 2.23. The molecule has 2 aromatic carbocycles. The Morgan fingerprint density at radius 3 is 2.38 bits per heavy atom. The summed E-state index contributed by atoms with van der Waals surface area (Å²) in [6.45, 7) is 1.84. The summed E-state index contributed by atoms with van der Waals surface area (Å²) in [6.07, 6.45) is 0. The molecule has 0 fully saturated rings. The van der Waals surface area contributed by atoms with E-state index in [1.807, 2.05) is 13.0 Å². The second-order valence-corrected chi connectivity index (χ2v) is 5.62. The van der Waals surface area contributed by atoms with Crippen molar-refractivity contribution < 1.29 is 18.4 Å². The van der Waals surface area contributed by atoms with Gasteiger partial charge in [-0.05, 0) is 42.3 Å². The summed E-state index contributed by atoms with van der Waals surface area (Å²) in [5.41, 5.74) is 1.64. The molecule has 0 aliphatic rings. The number of rotatable bonds is 5. The van der Waals surface area contributed by atoms with Gasteiger partial charge in [-0.25, -0.2) is 8.78 Å². The molecular formula is C17H15ClF2N2O2. The van der Waals surface area contributed by atoms with Crippen LogP contribution in [0.1, 0.15) is 21.5 Å². The van der Waals surface area contributed by atoms with Gasteiger partial charge < -0.3 is 10.6 Å². The zero-order valence-corrected chi connectivity index (χ0v) is 13.6. The zero-order valence-electron chi connectivity index (χ0n) is 12.8. The average molecular weight is 353 g/mol. The highest BCUT2D eigenvalue weighted by atomic mass is 35.5. The third-order valence-electron chi connectivity index (χ3n) is 3.32. The molecule has 24 heavy (non-hydrogen) atoms. The number of amides is 2. The predicted molar refractivity (Wildman–Crippen MR) is 86.7 cm³/mol. The molecule has 0 aromatic heterocycles. The summed E-state index contributed by atoms with van der Waals surface area (Å²) in [4.78, 5) is 23.6. The lowest BCUT2D eigenvalue weighted by Gasteiger charge is -2.09. The fourth-order valence-electron chi connectivity index (χ4n) is 2.03. The maximum absolute atomic E-state index is 13.1. The molecule has 0 saturated heterocycles. The number of benzene rings is 2. The molecule has 2 aromatic rings. The standard InChI is InChI=1S/C17H15ClF2N2O2/c1-10-2-3-13(18)4-12(10)8-21-16(23)9-22-17(24)11-5-14(19)7-15(20)6-11/h2-7H,8-9H2,1H3,(H,21,23)(H,22,24). The van der Waals surface area contributed by atoms with Gasteiger partial charge in [-0.15, -0.1) is 0 Å². The third-order valence-corrected chi connectivity index (χ3v) is 3.56. The molecule has 126 valence electrons. The van der Waals surface area contributed by atoms with Gasteiger partial charge in [0, 0.05) is 23.2 Å². The Bertz CT molecular complexity index is 761. The maximum atomic E-state index is 13.1. The Labute approximate surface area is 142 Å². The van der Waals surface area contributed by atoms with Crippen LogP contribution in [0.15, 0.2) is 36.4 Å². The molecule has 4 nitrogen and oxygen atoms in total. The predicted octanol–water partition coefficient (Wildman–Crippen LogP) is 2.97. The fraction of sp³-hybridized carbons (Fsp3) is 0.176. The molecular weight excluding hydrogens is 338 g/mol. The smallest absolute Gasteiger partial charge is 0.251 e. The van der Waals surface area contributed by atoms with Crippen LogP contribution >= 0.6 is 11.6 Å². The van der Waals surface area contributed by atoms with Gasteiger partial charge in [0.15, 0.2) is 0 Å². The van der Waals surface area contributed by atoms with Crippen LogP contribution in [-0.2, 0) is 11.3 Å². The van der Waals surface area contributed by atoms with Gasteiger partial charge in [-0.2, -0.15) is 0 Å². The Balaban J connectivity index is 1.86. The van der Waals surface area contributed by atoms with Crippen molar-refractivity contribution in [2.24, 2.45) is 0 Å². The topological polar surface area (TPSA) is 58.2 Å². The van der Waals surface area contributed by atoms with Gasteiger partial charge in [-0.3, -0.25) is 9.59 Å². The maximum Gasteiger partial charge on any atom is 0.251 e. The number of hydrogen-bond donors (Lipinski definition) is 2. The summed E-state index contributed by atoms with van der Waals surface area (Å²) >= 11 is 5.90. The van der Waals surface area contributed by atoms with Crippen LogP contribution in [0.2, 0.25) is 5.02 Å². The SMILES string of the molecule is Cc1ccc(Cl)cc1CNC(=O)CNC(=O)c1cc(F)cc(F)c1. The first-order valence-electron chi connectivity index (χ1n) is 7.11. The Hall–Kier alpha value is -2.47. The zero-order chi connectivity index (χ0) is 17.7. The molecule has 2 N–H and O–H groups in total. The second kappa shape index (κ2) is 7.88. The van der Waals surface area contributed by atoms with Gasteiger partial charge >= 0.3 is 0 Å². The van der Waals surface area contributed by atoms with E-state index in [-0.39, 0.29) is 18.7 Å². The molecule has 7 heteroatoms. The van der Waals surface area contributed by atoms with E-state index in [9.17, 15) is 18.4 Å². The van der Waals surface area contributed by atoms with Crippen molar-refractivity contribution in [3.05, 3.63) is 69.7 Å². The van der Waals surface area contributed by atoms with Crippen molar-refractivity contribution in [3.8, 4) is 0 Å². The lowest BCUT2D eigenvalue weighted by Crippen LogP contribution is -2.36. The Morgan fingerprint density at radius 2 is 1.71 bits per heavy atom. The molecule has 0 unspecified atom stereocenters. The first-order chi connectivity index (χ1) is 11.3. The normalized spacial score (nSPS) is 10.3. The van der Waals surface area contributed by atoms with E-state index >= 15 is 0 Å². The van der Waals surface area contributed by atoms with Crippen molar-refractivity contribution in [3.63, 3.8) is 0 Å². The van der Waals surface area contributed by atoms with Crippen molar-refractivity contribution in [2.45, 2.75) is 13.5 Å². The molecule has 0 bridgehead atoms. The summed E-state index contributed by atoms with van der Waals surface area (Å²) in [5, 5.41) is 5.50. The van der Waals surface area contributed by atoms with Gasteiger partial charge in [0.2, 0.25) is 5.91 Å². The van der Waals surface area contributed by atoms with E-state index in [0.717, 1.165) is 23.3 Å². The molecule has 0 radical (unpaired) electrons. The summed E-state index contributed by atoms with van der Waals surface area (Å²) in [6, 6.07) is 7.78. The molecule has 0 aliphatic carbocycles. The monoisotopic (exact) mass is 352 g/mol. The van der Waals surface area contributed by atoms with Crippen LogP contribution in [0, 0.1) is 18.6 Å². The van der Waals surface area contributed by atoms with Crippen LogP contribution in [0.5, 0.6) is 0 Å². The number of carbonyl (C=O) groups excluding carboxylic acids is 2. The number of nitrogens with one attached hydrogen (secondary N) is 2. The van der Waals surface area contributed by atoms with E-state index in [1.54, 1.807) is 12.1 Å². The van der Waals surface area contributed by atoms with Crippen LogP contribution in [0.4, 0.5) is 8.78 Å². The van der Waals surface area contributed by atoms with Crippen molar-refractivity contribution >= 4 is 23.4 Å². The lowest BCUT2D eigenvalue weighted by atomic mass is 10.1. The molecule has 2 amide bonds. The number of hydrogen-bond acceptors (Lipinski definition) is 2. The highest BCUT2D eigenvalue weighted by Gasteiger charge is 2.11. The first kappa shape index (κ1) is 17.9. The average Bonchev–Trinajstić information content (AvgIpc) is 2.52. The van der Waals surface area contributed by atoms with E-state index < -0.39 is 23.4 Å². The van der Waals surface area contributed by atoms with E-state index in [1.165, 1.54) is 0 Å². The van der Waals surface area contributed by atoms with Crippen LogP contribution in [0.25, 0.3) is 0 Å². The highest BCUT2D eigenvalue weighted by Crippen LogP contribution is 2.15. The van der Waals surface area contributed by atoms with Gasteiger partial charge in [0.05, 0.1) is 6.54 Å². The highest BCUT2D eigenvalue weighted by molar-refractivity contribution is 6.30. The van der Waals surface area contributed by atoms with Crippen LogP contribution in [0.3, 0.4) is 0 Å². The van der Waals surface area contributed by atoms with Crippen LogP contribution in [-0.4, -0.2) is 18.4 Å². The van der Waals surface area contributed by atoms with E-state index in [4.69, 9.17) is 11.6 Å². The first-order valence-corrected chi connectivity index (χ1v) is 7.49. The Morgan fingerprint density at radius 1 is 1.04 bits per heavy atom. The van der Waals surface area contributed by atoms with Crippen molar-refractivity contribution in [1.29, 1.82) is 0 Å². The number of halogens is 3. The summed E-state index contributed by atoms with van der Waals surface area (Å²) in [5.74, 6) is -2.89. The molecule has 0 saturated carbocycles.